The summed E-state index contributed by atoms with van der Waals surface area (Å²) >= 11 is 0. The van der Waals surface area contributed by atoms with E-state index < -0.39 is 12.1 Å². The standard InChI is InChI=1S/C23H19N5O3/c29-22-8-7-18(16-9-11-24-12-10-16)27-28(22)21-14-31-13-20(21)26-23(30)19-6-5-15-3-1-2-4-17(15)25-19/h1-12,20-21H,13-14H2,(H,26,30). The lowest BCUT2D eigenvalue weighted by Gasteiger charge is -2.20. The summed E-state index contributed by atoms with van der Waals surface area (Å²) in [5.41, 5.74) is 2.31. The molecule has 1 amide bonds. The number of hydrogen-bond donors (Lipinski definition) is 1. The Kier molecular flexibility index (Phi) is 4.97. The number of nitrogens with one attached hydrogen (secondary N) is 1. The Balaban J connectivity index is 1.41. The zero-order chi connectivity index (χ0) is 21.2. The highest BCUT2D eigenvalue weighted by Crippen LogP contribution is 2.20. The van der Waals surface area contributed by atoms with Crippen LogP contribution in [0.2, 0.25) is 0 Å². The summed E-state index contributed by atoms with van der Waals surface area (Å²) in [4.78, 5) is 33.9. The number of fused-ring (bicyclic) bond motifs is 1. The van der Waals surface area contributed by atoms with Crippen molar-refractivity contribution in [1.82, 2.24) is 25.1 Å². The highest BCUT2D eigenvalue weighted by Gasteiger charge is 2.33. The van der Waals surface area contributed by atoms with Crippen molar-refractivity contribution in [3.8, 4) is 11.3 Å². The molecule has 5 rings (SSSR count). The second-order valence-electron chi connectivity index (χ2n) is 7.31. The van der Waals surface area contributed by atoms with Crippen LogP contribution in [0.3, 0.4) is 0 Å². The van der Waals surface area contributed by atoms with Gasteiger partial charge in [0.2, 0.25) is 0 Å². The maximum atomic E-state index is 12.9. The maximum Gasteiger partial charge on any atom is 0.270 e. The number of carbonyl (C=O) groups is 1. The molecule has 154 valence electrons. The Morgan fingerprint density at radius 2 is 1.84 bits per heavy atom. The number of benzene rings is 1. The molecule has 3 aromatic heterocycles. The number of carbonyl (C=O) groups excluding carboxylic acids is 1. The molecular weight excluding hydrogens is 394 g/mol. The lowest BCUT2D eigenvalue weighted by molar-refractivity contribution is 0.0920. The monoisotopic (exact) mass is 413 g/mol. The fourth-order valence-corrected chi connectivity index (χ4v) is 3.70. The average molecular weight is 413 g/mol. The maximum absolute atomic E-state index is 12.9. The van der Waals surface area contributed by atoms with Crippen molar-refractivity contribution >= 4 is 16.8 Å². The number of rotatable bonds is 4. The van der Waals surface area contributed by atoms with Crippen LogP contribution in [0.5, 0.6) is 0 Å². The Morgan fingerprint density at radius 3 is 2.71 bits per heavy atom. The van der Waals surface area contributed by atoms with E-state index >= 15 is 0 Å². The van der Waals surface area contributed by atoms with Gasteiger partial charge >= 0.3 is 0 Å². The minimum atomic E-state index is -0.418. The van der Waals surface area contributed by atoms with Gasteiger partial charge in [0.05, 0.1) is 30.5 Å². The molecule has 0 spiro atoms. The predicted molar refractivity (Wildman–Crippen MR) is 115 cm³/mol. The van der Waals surface area contributed by atoms with E-state index in [1.165, 1.54) is 10.7 Å². The van der Waals surface area contributed by atoms with E-state index in [9.17, 15) is 9.59 Å². The first kappa shape index (κ1) is 19.1. The second kappa shape index (κ2) is 8.08. The highest BCUT2D eigenvalue weighted by atomic mass is 16.5. The van der Waals surface area contributed by atoms with Crippen LogP contribution in [0.15, 0.2) is 77.9 Å². The molecule has 1 aliphatic rings. The van der Waals surface area contributed by atoms with Gasteiger partial charge in [-0.15, -0.1) is 0 Å². The molecule has 4 heterocycles. The fraction of sp³-hybridized carbons (Fsp3) is 0.174. The summed E-state index contributed by atoms with van der Waals surface area (Å²) in [6.45, 7) is 0.570. The van der Waals surface area contributed by atoms with Gasteiger partial charge < -0.3 is 10.1 Å². The van der Waals surface area contributed by atoms with Gasteiger partial charge in [0, 0.05) is 29.4 Å². The van der Waals surface area contributed by atoms with Crippen LogP contribution in [0.1, 0.15) is 16.5 Å². The van der Waals surface area contributed by atoms with Crippen LogP contribution in [0, 0.1) is 0 Å². The number of hydrogen-bond acceptors (Lipinski definition) is 6. The second-order valence-corrected chi connectivity index (χ2v) is 7.31. The number of pyridine rings is 2. The average Bonchev–Trinajstić information content (AvgIpc) is 3.27. The summed E-state index contributed by atoms with van der Waals surface area (Å²) in [7, 11) is 0. The van der Waals surface area contributed by atoms with Gasteiger partial charge in [0.15, 0.2) is 0 Å². The van der Waals surface area contributed by atoms with Crippen molar-refractivity contribution in [2.45, 2.75) is 12.1 Å². The van der Waals surface area contributed by atoms with Crippen molar-refractivity contribution in [2.75, 3.05) is 13.2 Å². The largest absolute Gasteiger partial charge is 0.377 e. The summed E-state index contributed by atoms with van der Waals surface area (Å²) in [6.07, 6.45) is 3.34. The summed E-state index contributed by atoms with van der Waals surface area (Å²) in [6, 6.07) is 17.2. The van der Waals surface area contributed by atoms with Gasteiger partial charge in [-0.2, -0.15) is 5.10 Å². The van der Waals surface area contributed by atoms with E-state index in [2.05, 4.69) is 20.4 Å². The molecule has 0 saturated carbocycles. The first-order valence-corrected chi connectivity index (χ1v) is 9.94. The van der Waals surface area contributed by atoms with Crippen molar-refractivity contribution in [3.05, 3.63) is 89.1 Å². The summed E-state index contributed by atoms with van der Waals surface area (Å²) in [5.74, 6) is -0.315. The van der Waals surface area contributed by atoms with Crippen LogP contribution in [0.4, 0.5) is 0 Å². The van der Waals surface area contributed by atoms with Crippen molar-refractivity contribution in [2.24, 2.45) is 0 Å². The van der Waals surface area contributed by atoms with E-state index in [0.717, 1.165) is 16.5 Å². The molecule has 0 bridgehead atoms. The normalized spacial score (nSPS) is 18.2. The molecular formula is C23H19N5O3. The quantitative estimate of drug-likeness (QED) is 0.551. The van der Waals surface area contributed by atoms with Crippen LogP contribution in [-0.2, 0) is 4.74 Å². The molecule has 1 aliphatic heterocycles. The Hall–Kier alpha value is -3.91. The minimum absolute atomic E-state index is 0.253. The third kappa shape index (κ3) is 3.80. The van der Waals surface area contributed by atoms with Gasteiger partial charge in [-0.1, -0.05) is 24.3 Å². The highest BCUT2D eigenvalue weighted by molar-refractivity contribution is 5.95. The van der Waals surface area contributed by atoms with Crippen molar-refractivity contribution in [3.63, 3.8) is 0 Å². The van der Waals surface area contributed by atoms with E-state index in [-0.39, 0.29) is 24.7 Å². The van der Waals surface area contributed by atoms with E-state index in [1.54, 1.807) is 24.5 Å². The van der Waals surface area contributed by atoms with E-state index in [1.807, 2.05) is 42.5 Å². The Morgan fingerprint density at radius 1 is 1.00 bits per heavy atom. The number of aromatic nitrogens is 4. The van der Waals surface area contributed by atoms with Gasteiger partial charge in [-0.05, 0) is 30.3 Å². The Bertz CT molecular complexity index is 1310. The molecule has 2 unspecified atom stereocenters. The van der Waals surface area contributed by atoms with E-state index in [4.69, 9.17) is 4.74 Å². The summed E-state index contributed by atoms with van der Waals surface area (Å²) < 4.78 is 6.98. The Labute approximate surface area is 177 Å². The molecule has 1 aromatic carbocycles. The first-order chi connectivity index (χ1) is 15.2. The van der Waals surface area contributed by atoms with Crippen LogP contribution >= 0.6 is 0 Å². The van der Waals surface area contributed by atoms with Gasteiger partial charge in [0.25, 0.3) is 11.5 Å². The molecule has 1 N–H and O–H groups in total. The molecule has 31 heavy (non-hydrogen) atoms. The number of ether oxygens (including phenoxy) is 1. The molecule has 0 aliphatic carbocycles. The zero-order valence-corrected chi connectivity index (χ0v) is 16.5. The van der Waals surface area contributed by atoms with Gasteiger partial charge in [0.1, 0.15) is 11.7 Å². The minimum Gasteiger partial charge on any atom is -0.377 e. The molecule has 2 atom stereocenters. The van der Waals surface area contributed by atoms with E-state index in [0.29, 0.717) is 11.4 Å². The number of amides is 1. The summed E-state index contributed by atoms with van der Waals surface area (Å²) in [5, 5.41) is 8.45. The third-order valence-electron chi connectivity index (χ3n) is 5.31. The molecule has 8 heteroatoms. The molecule has 0 radical (unpaired) electrons. The molecule has 1 saturated heterocycles. The van der Waals surface area contributed by atoms with Crippen LogP contribution < -0.4 is 10.9 Å². The van der Waals surface area contributed by atoms with Gasteiger partial charge in [-0.25, -0.2) is 9.67 Å². The number of nitrogens with zero attached hydrogens (tertiary/aromatic N) is 4. The lowest BCUT2D eigenvalue weighted by atomic mass is 10.1. The lowest BCUT2D eigenvalue weighted by Crippen LogP contribution is -2.44. The first-order valence-electron chi connectivity index (χ1n) is 9.94. The van der Waals surface area contributed by atoms with Crippen molar-refractivity contribution < 1.29 is 9.53 Å². The van der Waals surface area contributed by atoms with Gasteiger partial charge in [-0.3, -0.25) is 14.6 Å². The number of para-hydroxylation sites is 1. The third-order valence-corrected chi connectivity index (χ3v) is 5.31. The van der Waals surface area contributed by atoms with Crippen LogP contribution in [-0.4, -0.2) is 44.9 Å². The zero-order valence-electron chi connectivity index (χ0n) is 16.5. The molecule has 4 aromatic rings. The SMILES string of the molecule is O=C(NC1COCC1n1nc(-c2ccncc2)ccc1=O)c1ccc2ccccc2n1. The molecule has 8 nitrogen and oxygen atoms in total. The molecule has 1 fully saturated rings. The fourth-order valence-electron chi connectivity index (χ4n) is 3.70. The topological polar surface area (TPSA) is 99.0 Å². The predicted octanol–water partition coefficient (Wildman–Crippen LogP) is 2.22. The smallest absolute Gasteiger partial charge is 0.270 e. The van der Waals surface area contributed by atoms with Crippen molar-refractivity contribution in [1.29, 1.82) is 0 Å². The van der Waals surface area contributed by atoms with Crippen LogP contribution in [0.25, 0.3) is 22.2 Å².